The third kappa shape index (κ3) is 6.50. The first-order valence-electron chi connectivity index (χ1n) is 14.0. The van der Waals surface area contributed by atoms with Gasteiger partial charge >= 0.3 is 12.2 Å². The molecule has 0 saturated carbocycles. The second-order valence-corrected chi connectivity index (χ2v) is 12.4. The number of ether oxygens (including phenoxy) is 2. The van der Waals surface area contributed by atoms with E-state index in [0.29, 0.717) is 34.7 Å². The zero-order valence-corrected chi connectivity index (χ0v) is 25.4. The molecule has 10 nitrogen and oxygen atoms in total. The van der Waals surface area contributed by atoms with Gasteiger partial charge < -0.3 is 9.47 Å². The normalized spacial score (nSPS) is 12.1. The molecule has 0 bridgehead atoms. The van der Waals surface area contributed by atoms with Crippen molar-refractivity contribution < 1.29 is 23.5 Å². The number of aromatic nitrogens is 5. The second kappa shape index (κ2) is 11.1. The summed E-state index contributed by atoms with van der Waals surface area (Å²) in [5, 5.41) is 5.35. The second-order valence-electron chi connectivity index (χ2n) is 12.4. The van der Waals surface area contributed by atoms with E-state index in [1.165, 1.54) is 21.7 Å². The van der Waals surface area contributed by atoms with Crippen LogP contribution in [0.1, 0.15) is 52.7 Å². The van der Waals surface area contributed by atoms with Gasteiger partial charge in [0.15, 0.2) is 5.65 Å². The molecule has 11 heteroatoms. The number of rotatable bonds is 5. The highest BCUT2D eigenvalue weighted by Gasteiger charge is 2.28. The van der Waals surface area contributed by atoms with E-state index in [-0.39, 0.29) is 6.54 Å². The summed E-state index contributed by atoms with van der Waals surface area (Å²) in [6.45, 7) is 12.9. The van der Waals surface area contributed by atoms with E-state index in [2.05, 4.69) is 10.1 Å². The fourth-order valence-corrected chi connectivity index (χ4v) is 4.71. The summed E-state index contributed by atoms with van der Waals surface area (Å²) in [5.41, 5.74) is 2.26. The number of hydrogen-bond donors (Lipinski definition) is 0. The zero-order chi connectivity index (χ0) is 31.1. The summed E-state index contributed by atoms with van der Waals surface area (Å²) >= 11 is 0. The first-order chi connectivity index (χ1) is 20.2. The molecule has 0 aliphatic rings. The van der Waals surface area contributed by atoms with Gasteiger partial charge in [-0.25, -0.2) is 19.0 Å². The predicted molar refractivity (Wildman–Crippen MR) is 162 cm³/mol. The highest BCUT2D eigenvalue weighted by Crippen LogP contribution is 2.29. The summed E-state index contributed by atoms with van der Waals surface area (Å²) in [5.74, 6) is -0.112. The van der Waals surface area contributed by atoms with Gasteiger partial charge in [0.1, 0.15) is 22.8 Å². The number of fused-ring (bicyclic) bond motifs is 2. The predicted octanol–water partition coefficient (Wildman–Crippen LogP) is 6.96. The average Bonchev–Trinajstić information content (AvgIpc) is 3.47. The van der Waals surface area contributed by atoms with Gasteiger partial charge in [-0.1, -0.05) is 18.2 Å². The molecule has 0 fully saturated rings. The topological polar surface area (TPSA) is 104 Å². The van der Waals surface area contributed by atoms with Gasteiger partial charge in [0.2, 0.25) is 0 Å². The minimum absolute atomic E-state index is 0.177. The number of carbonyl (C=O) groups excluding carboxylic acids is 2. The van der Waals surface area contributed by atoms with Gasteiger partial charge in [-0.15, -0.1) is 0 Å². The first-order valence-corrected chi connectivity index (χ1v) is 14.0. The van der Waals surface area contributed by atoms with E-state index in [1.54, 1.807) is 43.7 Å². The van der Waals surface area contributed by atoms with E-state index >= 15 is 0 Å². The number of nitrogens with zero attached hydrogens (tertiary/aromatic N) is 6. The van der Waals surface area contributed by atoms with Gasteiger partial charge in [0.25, 0.3) is 0 Å². The van der Waals surface area contributed by atoms with Crippen molar-refractivity contribution in [2.45, 2.75) is 66.1 Å². The molecule has 0 N–H and O–H groups in total. The summed E-state index contributed by atoms with van der Waals surface area (Å²) in [6, 6.07) is 10.5. The molecule has 1 amide bonds. The maximum Gasteiger partial charge on any atom is 0.419 e. The first kappa shape index (κ1) is 29.7. The SMILES string of the molecule is Cc1cnn2c(N(CCc3cn(C(=O)OC(C)(C)C)c4ccccc34)C(=O)OC(C)(C)C)cc(-c3cncc(F)c3)nc12. The molecule has 43 heavy (non-hydrogen) atoms. The van der Waals surface area contributed by atoms with Crippen molar-refractivity contribution in [3.63, 3.8) is 0 Å². The monoisotopic (exact) mass is 586 g/mol. The Balaban J connectivity index is 1.59. The molecule has 4 heterocycles. The van der Waals surface area contributed by atoms with E-state index in [4.69, 9.17) is 14.5 Å². The standard InChI is InChI=1S/C32H35FN6O4/c1-20-16-35-39-27(15-25(36-28(20)39)22-14-23(33)18-34-17-22)37(29(40)42-31(2,3)4)13-12-21-19-38(30(41)43-32(5,6)7)26-11-9-8-10-24(21)26/h8-11,14-19H,12-13H2,1-7H3. The fourth-order valence-electron chi connectivity index (χ4n) is 4.71. The minimum atomic E-state index is -0.774. The van der Waals surface area contributed by atoms with Gasteiger partial charge in [-0.3, -0.25) is 14.5 Å². The number of aryl methyl sites for hydroxylation is 1. The Hall–Kier alpha value is -4.80. The van der Waals surface area contributed by atoms with Gasteiger partial charge in [0, 0.05) is 41.5 Å². The van der Waals surface area contributed by atoms with Crippen LogP contribution in [0.4, 0.5) is 19.8 Å². The number of carbonyl (C=O) groups is 2. The van der Waals surface area contributed by atoms with E-state index in [1.807, 2.05) is 52.0 Å². The van der Waals surface area contributed by atoms with Crippen LogP contribution in [0.2, 0.25) is 0 Å². The molecular formula is C32H35FN6O4. The van der Waals surface area contributed by atoms with Crippen LogP contribution in [-0.4, -0.2) is 54.1 Å². The molecule has 5 aromatic rings. The molecule has 1 aromatic carbocycles. The Morgan fingerprint density at radius 1 is 0.977 bits per heavy atom. The highest BCUT2D eigenvalue weighted by atomic mass is 19.1. The Kier molecular flexibility index (Phi) is 7.68. The van der Waals surface area contributed by atoms with Gasteiger partial charge in [-0.2, -0.15) is 9.61 Å². The van der Waals surface area contributed by atoms with E-state index in [0.717, 1.165) is 22.7 Å². The third-order valence-corrected chi connectivity index (χ3v) is 6.51. The number of anilines is 1. The van der Waals surface area contributed by atoms with Crippen molar-refractivity contribution in [3.8, 4) is 11.3 Å². The van der Waals surface area contributed by atoms with Crippen LogP contribution >= 0.6 is 0 Å². The smallest absolute Gasteiger partial charge is 0.419 e. The van der Waals surface area contributed by atoms with Gasteiger partial charge in [0.05, 0.1) is 23.6 Å². The van der Waals surface area contributed by atoms with Crippen molar-refractivity contribution in [3.05, 3.63) is 78.1 Å². The molecule has 0 radical (unpaired) electrons. The van der Waals surface area contributed by atoms with Crippen molar-refractivity contribution >= 4 is 34.6 Å². The Bertz CT molecular complexity index is 1830. The zero-order valence-electron chi connectivity index (χ0n) is 25.4. The van der Waals surface area contributed by atoms with Crippen LogP contribution in [-0.2, 0) is 15.9 Å². The molecule has 0 aliphatic heterocycles. The van der Waals surface area contributed by atoms with Crippen LogP contribution in [0, 0.1) is 12.7 Å². The number of halogens is 1. The quantitative estimate of drug-likeness (QED) is 0.219. The molecule has 0 atom stereocenters. The maximum atomic E-state index is 14.1. The maximum absolute atomic E-state index is 14.1. The van der Waals surface area contributed by atoms with Crippen molar-refractivity contribution in [1.29, 1.82) is 0 Å². The lowest BCUT2D eigenvalue weighted by Crippen LogP contribution is -2.39. The number of benzene rings is 1. The molecule has 0 saturated heterocycles. The Morgan fingerprint density at radius 2 is 1.70 bits per heavy atom. The number of para-hydroxylation sites is 1. The Morgan fingerprint density at radius 3 is 2.40 bits per heavy atom. The van der Waals surface area contributed by atoms with Crippen LogP contribution in [0.3, 0.4) is 0 Å². The molecule has 4 aromatic heterocycles. The summed E-state index contributed by atoms with van der Waals surface area (Å²) < 4.78 is 28.6. The van der Waals surface area contributed by atoms with Crippen molar-refractivity contribution in [2.24, 2.45) is 0 Å². The summed E-state index contributed by atoms with van der Waals surface area (Å²) in [4.78, 5) is 37.0. The number of pyridine rings is 1. The fraction of sp³-hybridized carbons (Fsp3) is 0.344. The molecular weight excluding hydrogens is 551 g/mol. The van der Waals surface area contributed by atoms with Crippen LogP contribution < -0.4 is 4.90 Å². The molecule has 5 rings (SSSR count). The summed E-state index contributed by atoms with van der Waals surface area (Å²) in [6.07, 6.45) is 5.32. The Labute approximate surface area is 249 Å². The van der Waals surface area contributed by atoms with Crippen LogP contribution in [0.25, 0.3) is 27.8 Å². The molecule has 224 valence electrons. The minimum Gasteiger partial charge on any atom is -0.443 e. The van der Waals surface area contributed by atoms with E-state index < -0.39 is 29.2 Å². The summed E-state index contributed by atoms with van der Waals surface area (Å²) in [7, 11) is 0. The van der Waals surface area contributed by atoms with Crippen LogP contribution in [0.5, 0.6) is 0 Å². The lowest BCUT2D eigenvalue weighted by molar-refractivity contribution is 0.0540. The van der Waals surface area contributed by atoms with Crippen molar-refractivity contribution in [2.75, 3.05) is 11.4 Å². The van der Waals surface area contributed by atoms with Gasteiger partial charge in [-0.05, 0) is 72.6 Å². The third-order valence-electron chi connectivity index (χ3n) is 6.51. The highest BCUT2D eigenvalue weighted by molar-refractivity contribution is 5.92. The molecule has 0 spiro atoms. The molecule has 0 unspecified atom stereocenters. The number of amides is 1. The largest absolute Gasteiger partial charge is 0.443 e. The van der Waals surface area contributed by atoms with E-state index in [9.17, 15) is 14.0 Å². The molecule has 0 aliphatic carbocycles. The lowest BCUT2D eigenvalue weighted by atomic mass is 10.1. The number of hydrogen-bond acceptors (Lipinski definition) is 7. The lowest BCUT2D eigenvalue weighted by Gasteiger charge is -2.28. The van der Waals surface area contributed by atoms with Crippen LogP contribution in [0.15, 0.2) is 61.2 Å². The van der Waals surface area contributed by atoms with Crippen molar-refractivity contribution in [1.82, 2.24) is 24.1 Å². The average molecular weight is 587 g/mol.